The van der Waals surface area contributed by atoms with E-state index in [2.05, 4.69) is 5.32 Å². The fraction of sp³-hybridized carbons (Fsp3) is 0.263. The third kappa shape index (κ3) is 7.04. The zero-order chi connectivity index (χ0) is 21.1. The van der Waals surface area contributed by atoms with Crippen LogP contribution in [-0.4, -0.2) is 48.6 Å². The second-order valence-electron chi connectivity index (χ2n) is 5.41. The van der Waals surface area contributed by atoms with Gasteiger partial charge in [0.15, 0.2) is 11.5 Å². The number of carbonyl (C=O) groups is 2. The summed E-state index contributed by atoms with van der Waals surface area (Å²) in [5, 5.41) is 28.0. The summed E-state index contributed by atoms with van der Waals surface area (Å²) in [5.74, 6) is -1.98. The first-order valence-corrected chi connectivity index (χ1v) is 8.06. The Kier molecular flexibility index (Phi) is 9.11. The monoisotopic (exact) mass is 393 g/mol. The van der Waals surface area contributed by atoms with Gasteiger partial charge in [0.1, 0.15) is 5.75 Å². The molecule has 0 heterocycles. The molecule has 0 aromatic heterocycles. The molecular formula is C19H23NO8. The number of benzene rings is 2. The van der Waals surface area contributed by atoms with Gasteiger partial charge < -0.3 is 34.8 Å². The van der Waals surface area contributed by atoms with Crippen LogP contribution in [0, 0.1) is 0 Å². The van der Waals surface area contributed by atoms with Gasteiger partial charge in [-0.3, -0.25) is 0 Å². The lowest BCUT2D eigenvalue weighted by Crippen LogP contribution is -2.12. The number of carboxylic acids is 2. The van der Waals surface area contributed by atoms with Crippen LogP contribution < -0.4 is 19.5 Å². The molecule has 0 bridgehead atoms. The van der Waals surface area contributed by atoms with Crippen LogP contribution in [0.3, 0.4) is 0 Å². The van der Waals surface area contributed by atoms with Crippen LogP contribution in [0.5, 0.6) is 23.0 Å². The summed E-state index contributed by atoms with van der Waals surface area (Å²) in [6.45, 7) is 1.37. The molecule has 0 saturated heterocycles. The number of aromatic hydroxyl groups is 1. The molecule has 152 valence electrons. The maximum atomic E-state index is 9.88. The number of phenolic OH excluding ortho intramolecular Hbond substituents is 1. The van der Waals surface area contributed by atoms with Gasteiger partial charge in [-0.25, -0.2) is 9.59 Å². The molecule has 0 aliphatic carbocycles. The van der Waals surface area contributed by atoms with Crippen LogP contribution >= 0.6 is 0 Å². The van der Waals surface area contributed by atoms with E-state index in [4.69, 9.17) is 34.0 Å². The summed E-state index contributed by atoms with van der Waals surface area (Å²) in [6, 6.07) is 11.5. The molecule has 0 fully saturated rings. The molecule has 4 N–H and O–H groups in total. The Morgan fingerprint density at radius 2 is 1.29 bits per heavy atom. The van der Waals surface area contributed by atoms with Crippen LogP contribution in [0.4, 0.5) is 0 Å². The van der Waals surface area contributed by atoms with Gasteiger partial charge in [-0.2, -0.15) is 0 Å². The van der Waals surface area contributed by atoms with Gasteiger partial charge in [0.25, 0.3) is 0 Å². The van der Waals surface area contributed by atoms with Crippen LogP contribution in [-0.2, 0) is 22.7 Å². The number of nitrogens with one attached hydrogen (secondary N) is 1. The quantitative estimate of drug-likeness (QED) is 0.520. The number of carboxylic acid groups (broad SMARTS) is 2. The molecule has 2 aromatic rings. The highest BCUT2D eigenvalue weighted by Crippen LogP contribution is 2.37. The summed E-state index contributed by atoms with van der Waals surface area (Å²) in [6.07, 6.45) is 0. The zero-order valence-electron chi connectivity index (χ0n) is 15.8. The minimum atomic E-state index is -1.82. The van der Waals surface area contributed by atoms with Crippen LogP contribution in [0.25, 0.3) is 0 Å². The summed E-state index contributed by atoms with van der Waals surface area (Å²) in [5.41, 5.74) is 2.14. The molecule has 28 heavy (non-hydrogen) atoms. The number of aliphatic carboxylic acids is 2. The topological polar surface area (TPSA) is 135 Å². The van der Waals surface area contributed by atoms with Crippen LogP contribution in [0.2, 0.25) is 0 Å². The zero-order valence-corrected chi connectivity index (χ0v) is 15.8. The van der Waals surface area contributed by atoms with Gasteiger partial charge in [0.05, 0.1) is 21.3 Å². The Bertz CT molecular complexity index is 752. The normalized spacial score (nSPS) is 9.68. The van der Waals surface area contributed by atoms with Crippen molar-refractivity contribution >= 4 is 11.9 Å². The van der Waals surface area contributed by atoms with Crippen molar-refractivity contribution in [3.63, 3.8) is 0 Å². The van der Waals surface area contributed by atoms with Crippen LogP contribution in [0.1, 0.15) is 11.1 Å². The summed E-state index contributed by atoms with van der Waals surface area (Å²) >= 11 is 0. The Balaban J connectivity index is 0.000000568. The lowest BCUT2D eigenvalue weighted by Gasteiger charge is -2.12. The summed E-state index contributed by atoms with van der Waals surface area (Å²) < 4.78 is 15.4. The van der Waals surface area contributed by atoms with Gasteiger partial charge >= 0.3 is 11.9 Å². The molecule has 0 spiro atoms. The van der Waals surface area contributed by atoms with Crippen molar-refractivity contribution in [3.05, 3.63) is 47.5 Å². The molecule has 0 unspecified atom stereocenters. The number of rotatable bonds is 7. The third-order valence-electron chi connectivity index (χ3n) is 3.54. The maximum Gasteiger partial charge on any atom is 0.414 e. The second-order valence-corrected chi connectivity index (χ2v) is 5.41. The Morgan fingerprint density at radius 3 is 1.68 bits per heavy atom. The second kappa shape index (κ2) is 11.3. The molecule has 0 amide bonds. The first-order valence-electron chi connectivity index (χ1n) is 8.06. The SMILES string of the molecule is COc1ccc(CNCc2cc(OC)c(O)c(OC)c2)cc1.O=C(O)C(=O)O. The Labute approximate surface area is 162 Å². The minimum absolute atomic E-state index is 0.0175. The lowest BCUT2D eigenvalue weighted by atomic mass is 10.1. The molecule has 9 nitrogen and oxygen atoms in total. The predicted molar refractivity (Wildman–Crippen MR) is 100 cm³/mol. The molecular weight excluding hydrogens is 370 g/mol. The average Bonchev–Trinajstić information content (AvgIpc) is 2.69. The van der Waals surface area contributed by atoms with Crippen molar-refractivity contribution < 1.29 is 39.1 Å². The van der Waals surface area contributed by atoms with E-state index in [1.807, 2.05) is 24.3 Å². The van der Waals surface area contributed by atoms with Crippen molar-refractivity contribution in [1.29, 1.82) is 0 Å². The number of phenols is 1. The van der Waals surface area contributed by atoms with Gasteiger partial charge in [0.2, 0.25) is 5.75 Å². The standard InChI is InChI=1S/C17H21NO4.C2H2O4/c1-20-14-6-4-12(5-7-14)10-18-11-13-8-15(21-2)17(19)16(9-13)22-3;3-1(4)2(5)6/h4-9,18-19H,10-11H2,1-3H3;(H,3,4)(H,5,6). The van der Waals surface area contributed by atoms with Gasteiger partial charge in [-0.05, 0) is 35.4 Å². The fourth-order valence-corrected chi connectivity index (χ4v) is 2.14. The fourth-order valence-electron chi connectivity index (χ4n) is 2.14. The van der Waals surface area contributed by atoms with Gasteiger partial charge in [-0.1, -0.05) is 12.1 Å². The van der Waals surface area contributed by atoms with E-state index in [0.717, 1.165) is 17.9 Å². The smallest absolute Gasteiger partial charge is 0.414 e. The van der Waals surface area contributed by atoms with Crippen molar-refractivity contribution in [2.24, 2.45) is 0 Å². The highest BCUT2D eigenvalue weighted by molar-refractivity contribution is 6.27. The summed E-state index contributed by atoms with van der Waals surface area (Å²) in [7, 11) is 4.69. The van der Waals surface area contributed by atoms with Gasteiger partial charge in [0, 0.05) is 13.1 Å². The molecule has 9 heteroatoms. The molecule has 0 atom stereocenters. The lowest BCUT2D eigenvalue weighted by molar-refractivity contribution is -0.159. The molecule has 0 aliphatic heterocycles. The first kappa shape index (κ1) is 22.6. The first-order chi connectivity index (χ1) is 13.3. The third-order valence-corrected chi connectivity index (χ3v) is 3.54. The molecule has 0 saturated carbocycles. The molecule has 0 radical (unpaired) electrons. The number of hydrogen-bond acceptors (Lipinski definition) is 7. The average molecular weight is 393 g/mol. The predicted octanol–water partition coefficient (Wildman–Crippen LogP) is 1.86. The Morgan fingerprint density at radius 1 is 0.821 bits per heavy atom. The largest absolute Gasteiger partial charge is 0.502 e. The van der Waals surface area contributed by atoms with E-state index in [-0.39, 0.29) is 5.75 Å². The van der Waals surface area contributed by atoms with E-state index >= 15 is 0 Å². The maximum absolute atomic E-state index is 9.88. The van der Waals surface area contributed by atoms with E-state index < -0.39 is 11.9 Å². The van der Waals surface area contributed by atoms with E-state index in [0.29, 0.717) is 18.0 Å². The molecule has 2 aromatic carbocycles. The van der Waals surface area contributed by atoms with Crippen molar-refractivity contribution in [3.8, 4) is 23.0 Å². The van der Waals surface area contributed by atoms with E-state index in [9.17, 15) is 5.11 Å². The summed E-state index contributed by atoms with van der Waals surface area (Å²) in [4.78, 5) is 18.2. The highest BCUT2D eigenvalue weighted by Gasteiger charge is 2.10. The van der Waals surface area contributed by atoms with E-state index in [1.54, 1.807) is 19.2 Å². The molecule has 0 aliphatic rings. The van der Waals surface area contributed by atoms with E-state index in [1.165, 1.54) is 19.8 Å². The van der Waals surface area contributed by atoms with Crippen molar-refractivity contribution in [2.75, 3.05) is 21.3 Å². The highest BCUT2D eigenvalue weighted by atomic mass is 16.5. The number of ether oxygens (including phenoxy) is 3. The van der Waals surface area contributed by atoms with Crippen molar-refractivity contribution in [1.82, 2.24) is 5.32 Å². The van der Waals surface area contributed by atoms with Crippen molar-refractivity contribution in [2.45, 2.75) is 13.1 Å². The Hall–Kier alpha value is -3.46. The molecule has 2 rings (SSSR count). The minimum Gasteiger partial charge on any atom is -0.502 e. The number of hydrogen-bond donors (Lipinski definition) is 4. The number of methoxy groups -OCH3 is 3. The van der Waals surface area contributed by atoms with Crippen LogP contribution in [0.15, 0.2) is 36.4 Å². The van der Waals surface area contributed by atoms with Gasteiger partial charge in [-0.15, -0.1) is 0 Å².